The van der Waals surface area contributed by atoms with Crippen molar-refractivity contribution >= 4 is 57.5 Å². The molecule has 144 valence electrons. The molecule has 0 radical (unpaired) electrons. The molecule has 3 aromatic rings. The molecule has 0 saturated carbocycles. The Kier molecular flexibility index (Phi) is 7.09. The molecule has 4 nitrogen and oxygen atoms in total. The second-order valence-corrected chi connectivity index (χ2v) is 7.20. The molecule has 0 spiro atoms. The second-order valence-electron chi connectivity index (χ2n) is 5.95. The van der Waals surface area contributed by atoms with Gasteiger partial charge in [0.05, 0.1) is 6.21 Å². The molecule has 0 saturated heterocycles. The summed E-state index contributed by atoms with van der Waals surface area (Å²) in [5, 5.41) is 11.0. The smallest absolute Gasteiger partial charge is 0.186 e. The lowest BCUT2D eigenvalue weighted by Crippen LogP contribution is -2.31. The summed E-state index contributed by atoms with van der Waals surface area (Å²) < 4.78 is 6.06. The molecule has 7 heteroatoms. The van der Waals surface area contributed by atoms with Crippen molar-refractivity contribution in [3.8, 4) is 5.75 Å². The molecule has 0 atom stereocenters. The number of hydrogen-bond acceptors (Lipinski definition) is 3. The van der Waals surface area contributed by atoms with Gasteiger partial charge < -0.3 is 10.1 Å². The molecule has 3 rings (SSSR count). The normalized spacial score (nSPS) is 11.0. The first-order valence-corrected chi connectivity index (χ1v) is 9.90. The van der Waals surface area contributed by atoms with Gasteiger partial charge in [0, 0.05) is 27.7 Å². The van der Waals surface area contributed by atoms with Gasteiger partial charge in [0.15, 0.2) is 5.11 Å². The van der Waals surface area contributed by atoms with Gasteiger partial charge in [-0.05, 0) is 48.1 Å². The number of nitrogens with zero attached hydrogens (tertiary/aromatic N) is 1. The lowest BCUT2D eigenvalue weighted by Gasteiger charge is -2.13. The largest absolute Gasteiger partial charge is 0.488 e. The summed E-state index contributed by atoms with van der Waals surface area (Å²) in [5.74, 6) is 0.699. The van der Waals surface area contributed by atoms with E-state index in [1.54, 1.807) is 18.3 Å². The number of ether oxygens (including phenoxy) is 1. The molecule has 2 N–H and O–H groups in total. The van der Waals surface area contributed by atoms with Crippen LogP contribution in [0.1, 0.15) is 18.1 Å². The molecule has 0 bridgehead atoms. The third kappa shape index (κ3) is 5.13. The van der Waals surface area contributed by atoms with Crippen LogP contribution in [0.3, 0.4) is 0 Å². The number of thiocarbonyl (C=S) groups is 1. The molecule has 3 aromatic carbocycles. The Hall–Kier alpha value is -2.34. The van der Waals surface area contributed by atoms with E-state index >= 15 is 0 Å². The van der Waals surface area contributed by atoms with Crippen molar-refractivity contribution in [2.24, 2.45) is 5.10 Å². The third-order valence-electron chi connectivity index (χ3n) is 4.03. The van der Waals surface area contributed by atoms with Gasteiger partial charge in [0.1, 0.15) is 12.4 Å². The van der Waals surface area contributed by atoms with Crippen molar-refractivity contribution in [2.75, 3.05) is 6.54 Å². The summed E-state index contributed by atoms with van der Waals surface area (Å²) in [6.07, 6.45) is 1.71. The number of hydrazone groups is 1. The van der Waals surface area contributed by atoms with Crippen molar-refractivity contribution in [2.45, 2.75) is 13.5 Å². The zero-order valence-corrected chi connectivity index (χ0v) is 17.5. The fourth-order valence-electron chi connectivity index (χ4n) is 2.68. The monoisotopic (exact) mass is 431 g/mol. The van der Waals surface area contributed by atoms with Gasteiger partial charge in [0.25, 0.3) is 0 Å². The maximum atomic E-state index is 6.26. The lowest BCUT2D eigenvalue weighted by atomic mass is 10.0. The van der Waals surface area contributed by atoms with Crippen LogP contribution >= 0.6 is 35.4 Å². The highest BCUT2D eigenvalue weighted by molar-refractivity contribution is 7.80. The highest BCUT2D eigenvalue weighted by Gasteiger charge is 2.09. The molecular weight excluding hydrogens is 413 g/mol. The quantitative estimate of drug-likeness (QED) is 0.305. The summed E-state index contributed by atoms with van der Waals surface area (Å²) in [7, 11) is 0. The summed E-state index contributed by atoms with van der Waals surface area (Å²) in [6, 6.07) is 17.3. The molecule has 0 aliphatic rings. The minimum absolute atomic E-state index is 0.318. The Morgan fingerprint density at radius 2 is 1.96 bits per heavy atom. The molecule has 0 amide bonds. The van der Waals surface area contributed by atoms with E-state index in [2.05, 4.69) is 15.8 Å². The van der Waals surface area contributed by atoms with Crippen LogP contribution in [-0.2, 0) is 6.61 Å². The van der Waals surface area contributed by atoms with Crippen molar-refractivity contribution in [1.82, 2.24) is 10.7 Å². The Balaban J connectivity index is 1.88. The molecule has 0 aromatic heterocycles. The summed E-state index contributed by atoms with van der Waals surface area (Å²) in [5.41, 5.74) is 4.52. The topological polar surface area (TPSA) is 45.7 Å². The average molecular weight is 432 g/mol. The van der Waals surface area contributed by atoms with Crippen molar-refractivity contribution < 1.29 is 4.74 Å². The van der Waals surface area contributed by atoms with Crippen LogP contribution < -0.4 is 15.5 Å². The molecule has 0 unspecified atom stereocenters. The Morgan fingerprint density at radius 1 is 1.14 bits per heavy atom. The zero-order valence-electron chi connectivity index (χ0n) is 15.2. The van der Waals surface area contributed by atoms with Crippen molar-refractivity contribution in [3.63, 3.8) is 0 Å². The fourth-order valence-corrected chi connectivity index (χ4v) is 3.34. The summed E-state index contributed by atoms with van der Waals surface area (Å²) in [6.45, 7) is 3.01. The molecule has 0 heterocycles. The Labute approximate surface area is 179 Å². The van der Waals surface area contributed by atoms with Crippen molar-refractivity contribution in [3.05, 3.63) is 75.8 Å². The number of nitrogens with one attached hydrogen (secondary N) is 2. The van der Waals surface area contributed by atoms with Crippen LogP contribution in [0.2, 0.25) is 10.0 Å². The first-order chi connectivity index (χ1) is 13.6. The van der Waals surface area contributed by atoms with E-state index in [0.29, 0.717) is 27.5 Å². The highest BCUT2D eigenvalue weighted by Crippen LogP contribution is 2.28. The van der Waals surface area contributed by atoms with Crippen LogP contribution in [-0.4, -0.2) is 17.9 Å². The summed E-state index contributed by atoms with van der Waals surface area (Å²) >= 11 is 17.4. The number of hydrogen-bond donors (Lipinski definition) is 2. The number of benzene rings is 3. The Morgan fingerprint density at radius 3 is 2.75 bits per heavy atom. The molecule has 0 aliphatic carbocycles. The predicted octanol–water partition coefficient (Wildman–Crippen LogP) is 5.54. The number of rotatable bonds is 6. The van der Waals surface area contributed by atoms with E-state index in [-0.39, 0.29) is 0 Å². The van der Waals surface area contributed by atoms with E-state index < -0.39 is 0 Å². The maximum absolute atomic E-state index is 6.26. The third-order valence-corrected chi connectivity index (χ3v) is 4.85. The first kappa shape index (κ1) is 20.4. The van der Waals surface area contributed by atoms with E-state index in [4.69, 9.17) is 40.2 Å². The number of halogens is 2. The van der Waals surface area contributed by atoms with Crippen LogP contribution in [0.25, 0.3) is 10.8 Å². The predicted molar refractivity (Wildman–Crippen MR) is 122 cm³/mol. The minimum Gasteiger partial charge on any atom is -0.488 e. The Bertz CT molecular complexity index is 1020. The van der Waals surface area contributed by atoms with Crippen LogP contribution in [0.5, 0.6) is 5.75 Å². The first-order valence-electron chi connectivity index (χ1n) is 8.74. The van der Waals surface area contributed by atoms with E-state index in [9.17, 15) is 0 Å². The van der Waals surface area contributed by atoms with Gasteiger partial charge in [0.2, 0.25) is 0 Å². The lowest BCUT2D eigenvalue weighted by molar-refractivity contribution is 0.306. The van der Waals surface area contributed by atoms with Crippen LogP contribution in [0.15, 0.2) is 59.7 Å². The van der Waals surface area contributed by atoms with Gasteiger partial charge in [-0.1, -0.05) is 59.6 Å². The molecular formula is C21H19Cl2N3OS. The van der Waals surface area contributed by atoms with Gasteiger partial charge in [-0.2, -0.15) is 5.10 Å². The van der Waals surface area contributed by atoms with Gasteiger partial charge in [-0.3, -0.25) is 5.43 Å². The van der Waals surface area contributed by atoms with Crippen molar-refractivity contribution in [1.29, 1.82) is 0 Å². The average Bonchev–Trinajstić information content (AvgIpc) is 2.68. The van der Waals surface area contributed by atoms with Gasteiger partial charge in [-0.25, -0.2) is 0 Å². The SMILES string of the molecule is CCNC(=S)NN=Cc1c(OCc2ccc(Cl)cc2Cl)ccc2ccccc12. The number of fused-ring (bicyclic) bond motifs is 1. The van der Waals surface area contributed by atoms with Gasteiger partial charge in [-0.15, -0.1) is 0 Å². The van der Waals surface area contributed by atoms with E-state index in [1.165, 1.54) is 0 Å². The molecule has 0 fully saturated rings. The van der Waals surface area contributed by atoms with Gasteiger partial charge >= 0.3 is 0 Å². The minimum atomic E-state index is 0.318. The molecule has 0 aliphatic heterocycles. The van der Waals surface area contributed by atoms with E-state index in [0.717, 1.165) is 28.4 Å². The highest BCUT2D eigenvalue weighted by atomic mass is 35.5. The summed E-state index contributed by atoms with van der Waals surface area (Å²) in [4.78, 5) is 0. The zero-order chi connectivity index (χ0) is 19.9. The standard InChI is InChI=1S/C21H19Cl2N3OS/c1-2-24-21(28)26-25-12-18-17-6-4-3-5-14(17)8-10-20(18)27-13-15-7-9-16(22)11-19(15)23/h3-12H,2,13H2,1H3,(H2,24,26,28). The maximum Gasteiger partial charge on any atom is 0.186 e. The molecule has 28 heavy (non-hydrogen) atoms. The van der Waals surface area contributed by atoms with Crippen LogP contribution in [0.4, 0.5) is 0 Å². The fraction of sp³-hybridized carbons (Fsp3) is 0.143. The van der Waals surface area contributed by atoms with E-state index in [1.807, 2.05) is 49.4 Å². The van der Waals surface area contributed by atoms with Crippen LogP contribution in [0, 0.1) is 0 Å². The second kappa shape index (κ2) is 9.73.